The molecule has 0 aliphatic carbocycles. The molecule has 0 radical (unpaired) electrons. The second kappa shape index (κ2) is 6.20. The van der Waals surface area contributed by atoms with Gasteiger partial charge in [-0.3, -0.25) is 4.79 Å². The number of carbonyl (C=O) groups is 1. The predicted octanol–water partition coefficient (Wildman–Crippen LogP) is 4.02. The van der Waals surface area contributed by atoms with Crippen LogP contribution in [0.15, 0.2) is 22.7 Å². The Balaban J connectivity index is 2.92. The largest absolute Gasteiger partial charge is 0.339 e. The van der Waals surface area contributed by atoms with Crippen molar-refractivity contribution >= 4 is 21.8 Å². The maximum Gasteiger partial charge on any atom is 0.253 e. The summed E-state index contributed by atoms with van der Waals surface area (Å²) in [5, 5.41) is 0. The van der Waals surface area contributed by atoms with Gasteiger partial charge in [0, 0.05) is 23.1 Å². The van der Waals surface area contributed by atoms with Crippen molar-refractivity contribution in [1.29, 1.82) is 0 Å². The van der Waals surface area contributed by atoms with Crippen LogP contribution in [0.3, 0.4) is 0 Å². The number of nitrogens with zero attached hydrogens (tertiary/aromatic N) is 1. The van der Waals surface area contributed by atoms with Crippen molar-refractivity contribution in [3.05, 3.63) is 33.8 Å². The predicted molar refractivity (Wildman–Crippen MR) is 75.3 cm³/mol. The maximum atomic E-state index is 12.3. The molecule has 0 saturated carbocycles. The van der Waals surface area contributed by atoms with Crippen LogP contribution in [0, 0.1) is 6.92 Å². The zero-order chi connectivity index (χ0) is 13.0. The van der Waals surface area contributed by atoms with E-state index in [1.165, 1.54) is 0 Å². The molecule has 0 saturated heterocycles. The Morgan fingerprint density at radius 1 is 1.35 bits per heavy atom. The average molecular weight is 298 g/mol. The number of hydrogen-bond acceptors (Lipinski definition) is 1. The molecule has 0 aliphatic heterocycles. The summed E-state index contributed by atoms with van der Waals surface area (Å²) >= 11 is 3.45. The van der Waals surface area contributed by atoms with E-state index in [-0.39, 0.29) is 5.91 Å². The number of carbonyl (C=O) groups excluding carboxylic acids is 1. The van der Waals surface area contributed by atoms with Gasteiger partial charge in [-0.05, 0) is 43.5 Å². The van der Waals surface area contributed by atoms with Gasteiger partial charge in [0.05, 0.1) is 0 Å². The van der Waals surface area contributed by atoms with Crippen LogP contribution in [0.4, 0.5) is 0 Å². The molecule has 0 aliphatic rings. The van der Waals surface area contributed by atoms with Gasteiger partial charge in [0.15, 0.2) is 0 Å². The van der Waals surface area contributed by atoms with Gasteiger partial charge >= 0.3 is 0 Å². The molecule has 17 heavy (non-hydrogen) atoms. The Hall–Kier alpha value is -0.830. The second-order valence-electron chi connectivity index (χ2n) is 4.35. The molecule has 94 valence electrons. The Labute approximate surface area is 112 Å². The van der Waals surface area contributed by atoms with Crippen LogP contribution in [0.1, 0.15) is 42.6 Å². The number of amides is 1. The molecule has 0 spiro atoms. The lowest BCUT2D eigenvalue weighted by molar-refractivity contribution is 0.0723. The van der Waals surface area contributed by atoms with E-state index in [9.17, 15) is 4.79 Å². The topological polar surface area (TPSA) is 20.3 Å². The molecule has 1 aromatic rings. The minimum Gasteiger partial charge on any atom is -0.339 e. The fraction of sp³-hybridized carbons (Fsp3) is 0.500. The van der Waals surface area contributed by atoms with Crippen LogP contribution in [0.25, 0.3) is 0 Å². The normalized spacial score (nSPS) is 10.7. The molecule has 1 rings (SSSR count). The lowest BCUT2D eigenvalue weighted by Gasteiger charge is -2.26. The van der Waals surface area contributed by atoms with Gasteiger partial charge in [-0.25, -0.2) is 0 Å². The standard InChI is InChI=1S/C14H20BrNO/c1-5-12(6-2)16(4)14(17)11-7-8-13(15)10(3)9-11/h7-9,12H,5-6H2,1-4H3. The number of aryl methyl sites for hydroxylation is 1. The van der Waals surface area contributed by atoms with Crippen LogP contribution in [-0.2, 0) is 0 Å². The summed E-state index contributed by atoms with van der Waals surface area (Å²) < 4.78 is 1.04. The highest BCUT2D eigenvalue weighted by molar-refractivity contribution is 9.10. The highest BCUT2D eigenvalue weighted by atomic mass is 79.9. The van der Waals surface area contributed by atoms with Crippen molar-refractivity contribution in [3.8, 4) is 0 Å². The average Bonchev–Trinajstić information content (AvgIpc) is 2.33. The minimum absolute atomic E-state index is 0.106. The van der Waals surface area contributed by atoms with Crippen molar-refractivity contribution < 1.29 is 4.79 Å². The molecule has 0 unspecified atom stereocenters. The quantitative estimate of drug-likeness (QED) is 0.822. The van der Waals surface area contributed by atoms with Crippen LogP contribution in [0.5, 0.6) is 0 Å². The van der Waals surface area contributed by atoms with E-state index in [0.717, 1.165) is 28.4 Å². The molecular weight excluding hydrogens is 278 g/mol. The van der Waals surface area contributed by atoms with Gasteiger partial charge < -0.3 is 4.90 Å². The maximum absolute atomic E-state index is 12.3. The first-order valence-electron chi connectivity index (χ1n) is 6.04. The molecule has 0 N–H and O–H groups in total. The highest BCUT2D eigenvalue weighted by Crippen LogP contribution is 2.19. The van der Waals surface area contributed by atoms with Gasteiger partial charge in [-0.2, -0.15) is 0 Å². The molecular formula is C14H20BrNO. The summed E-state index contributed by atoms with van der Waals surface area (Å²) in [4.78, 5) is 14.1. The van der Waals surface area contributed by atoms with Crippen molar-refractivity contribution in [2.75, 3.05) is 7.05 Å². The molecule has 0 atom stereocenters. The van der Waals surface area contributed by atoms with E-state index in [0.29, 0.717) is 6.04 Å². The van der Waals surface area contributed by atoms with E-state index in [4.69, 9.17) is 0 Å². The SMILES string of the molecule is CCC(CC)N(C)C(=O)c1ccc(Br)c(C)c1. The minimum atomic E-state index is 0.106. The van der Waals surface area contributed by atoms with Crippen molar-refractivity contribution in [1.82, 2.24) is 4.90 Å². The zero-order valence-electron chi connectivity index (χ0n) is 11.0. The number of benzene rings is 1. The second-order valence-corrected chi connectivity index (χ2v) is 5.20. The summed E-state index contributed by atoms with van der Waals surface area (Å²) in [5.41, 5.74) is 1.86. The Morgan fingerprint density at radius 2 is 1.94 bits per heavy atom. The summed E-state index contributed by atoms with van der Waals surface area (Å²) in [7, 11) is 1.89. The van der Waals surface area contributed by atoms with E-state index >= 15 is 0 Å². The lowest BCUT2D eigenvalue weighted by atomic mass is 10.1. The molecule has 0 aromatic heterocycles. The number of hydrogen-bond donors (Lipinski definition) is 0. The fourth-order valence-electron chi connectivity index (χ4n) is 1.98. The summed E-state index contributed by atoms with van der Waals surface area (Å²) in [6, 6.07) is 6.07. The van der Waals surface area contributed by atoms with E-state index in [1.807, 2.05) is 37.1 Å². The van der Waals surface area contributed by atoms with Crippen LogP contribution < -0.4 is 0 Å². The van der Waals surface area contributed by atoms with Crippen molar-refractivity contribution in [3.63, 3.8) is 0 Å². The molecule has 1 amide bonds. The van der Waals surface area contributed by atoms with E-state index < -0.39 is 0 Å². The van der Waals surface area contributed by atoms with Gasteiger partial charge in [-0.1, -0.05) is 29.8 Å². The first-order valence-corrected chi connectivity index (χ1v) is 6.83. The summed E-state index contributed by atoms with van der Waals surface area (Å²) in [6.07, 6.45) is 1.99. The van der Waals surface area contributed by atoms with E-state index in [1.54, 1.807) is 0 Å². The first-order chi connectivity index (χ1) is 8.01. The molecule has 3 heteroatoms. The third kappa shape index (κ3) is 3.32. The molecule has 0 fully saturated rings. The van der Waals surface area contributed by atoms with Crippen LogP contribution in [-0.4, -0.2) is 23.9 Å². The Kier molecular flexibility index (Phi) is 5.19. The van der Waals surface area contributed by atoms with Crippen molar-refractivity contribution in [2.45, 2.75) is 39.7 Å². The van der Waals surface area contributed by atoms with Gasteiger partial charge in [0.1, 0.15) is 0 Å². The highest BCUT2D eigenvalue weighted by Gasteiger charge is 2.18. The van der Waals surface area contributed by atoms with Crippen LogP contribution >= 0.6 is 15.9 Å². The number of halogens is 1. The van der Waals surface area contributed by atoms with Gasteiger partial charge in [-0.15, -0.1) is 0 Å². The summed E-state index contributed by atoms with van der Waals surface area (Å²) in [6.45, 7) is 6.23. The van der Waals surface area contributed by atoms with Crippen molar-refractivity contribution in [2.24, 2.45) is 0 Å². The van der Waals surface area contributed by atoms with Crippen LogP contribution in [0.2, 0.25) is 0 Å². The number of rotatable bonds is 4. The smallest absolute Gasteiger partial charge is 0.253 e. The third-order valence-corrected chi connectivity index (χ3v) is 4.11. The fourth-order valence-corrected chi connectivity index (χ4v) is 2.23. The zero-order valence-corrected chi connectivity index (χ0v) is 12.5. The molecule has 1 aromatic carbocycles. The monoisotopic (exact) mass is 297 g/mol. The first kappa shape index (κ1) is 14.2. The van der Waals surface area contributed by atoms with Gasteiger partial charge in [0.2, 0.25) is 0 Å². The molecule has 0 bridgehead atoms. The third-order valence-electron chi connectivity index (χ3n) is 3.22. The lowest BCUT2D eigenvalue weighted by Crippen LogP contribution is -2.36. The van der Waals surface area contributed by atoms with Gasteiger partial charge in [0.25, 0.3) is 5.91 Å². The Bertz CT molecular complexity index is 399. The molecule has 2 nitrogen and oxygen atoms in total. The Morgan fingerprint density at radius 3 is 2.41 bits per heavy atom. The summed E-state index contributed by atoms with van der Waals surface area (Å²) in [5.74, 6) is 0.106. The molecule has 0 heterocycles. The van der Waals surface area contributed by atoms with E-state index in [2.05, 4.69) is 29.8 Å².